The largest absolute Gasteiger partial charge is 0.362 e. The minimum atomic E-state index is 0.618. The van der Waals surface area contributed by atoms with E-state index in [1.807, 2.05) is 0 Å². The molecule has 0 unspecified atom stereocenters. The minimum absolute atomic E-state index is 0.618. The van der Waals surface area contributed by atoms with E-state index in [2.05, 4.69) is 42.9 Å². The second-order valence-corrected chi connectivity index (χ2v) is 5.59. The van der Waals surface area contributed by atoms with E-state index in [0.29, 0.717) is 5.92 Å². The lowest BCUT2D eigenvalue weighted by Gasteiger charge is -2.12. The van der Waals surface area contributed by atoms with E-state index < -0.39 is 0 Å². The highest BCUT2D eigenvalue weighted by Gasteiger charge is 2.03. The number of hydrogen-bond donors (Lipinski definition) is 2. The fourth-order valence-electron chi connectivity index (χ4n) is 1.36. The summed E-state index contributed by atoms with van der Waals surface area (Å²) in [6.07, 6.45) is 1.09. The first-order chi connectivity index (χ1) is 7.63. The van der Waals surface area contributed by atoms with E-state index in [0.717, 1.165) is 24.6 Å². The van der Waals surface area contributed by atoms with Crippen molar-refractivity contribution >= 4 is 28.7 Å². The molecule has 16 heavy (non-hydrogen) atoms. The van der Waals surface area contributed by atoms with E-state index in [4.69, 9.17) is 12.2 Å². The molecule has 1 rings (SSSR count). The molecule has 0 aliphatic rings. The normalized spacial score (nSPS) is 10.5. The van der Waals surface area contributed by atoms with Gasteiger partial charge in [0.25, 0.3) is 0 Å². The Morgan fingerprint density at radius 3 is 2.81 bits per heavy atom. The van der Waals surface area contributed by atoms with Gasteiger partial charge in [-0.15, -0.1) is 11.3 Å². The van der Waals surface area contributed by atoms with E-state index in [-0.39, 0.29) is 0 Å². The van der Waals surface area contributed by atoms with E-state index in [9.17, 15) is 0 Å². The summed E-state index contributed by atoms with van der Waals surface area (Å²) < 4.78 is 0. The van der Waals surface area contributed by atoms with Crippen LogP contribution in [-0.4, -0.2) is 11.7 Å². The summed E-state index contributed by atoms with van der Waals surface area (Å²) in [5, 5.41) is 9.35. The Hall–Kier alpha value is -0.610. The van der Waals surface area contributed by atoms with Crippen molar-refractivity contribution < 1.29 is 0 Å². The van der Waals surface area contributed by atoms with Gasteiger partial charge in [0.1, 0.15) is 0 Å². The van der Waals surface area contributed by atoms with Crippen LogP contribution in [0, 0.1) is 5.92 Å². The Bertz CT molecular complexity index is 332. The van der Waals surface area contributed by atoms with Crippen LogP contribution in [0.4, 0.5) is 0 Å². The molecule has 0 saturated heterocycles. The third-order valence-corrected chi connectivity index (χ3v) is 3.55. The van der Waals surface area contributed by atoms with E-state index in [1.165, 1.54) is 10.4 Å². The van der Waals surface area contributed by atoms with Gasteiger partial charge in [0.15, 0.2) is 5.11 Å². The second-order valence-electron chi connectivity index (χ2n) is 4.18. The van der Waals surface area contributed by atoms with Crippen LogP contribution < -0.4 is 10.6 Å². The second kappa shape index (κ2) is 6.86. The van der Waals surface area contributed by atoms with Crippen LogP contribution in [0.5, 0.6) is 0 Å². The molecule has 2 nitrogen and oxygen atoms in total. The summed E-state index contributed by atoms with van der Waals surface area (Å²) in [5.74, 6) is 0.618. The fourth-order valence-corrected chi connectivity index (χ4v) is 2.43. The zero-order valence-corrected chi connectivity index (χ0v) is 11.8. The summed E-state index contributed by atoms with van der Waals surface area (Å²) in [5.41, 5.74) is 1.42. The van der Waals surface area contributed by atoms with Gasteiger partial charge in [-0.1, -0.05) is 20.8 Å². The first-order valence-corrected chi connectivity index (χ1v) is 6.99. The molecule has 0 spiro atoms. The topological polar surface area (TPSA) is 24.1 Å². The predicted molar refractivity (Wildman–Crippen MR) is 76.0 cm³/mol. The van der Waals surface area contributed by atoms with Crippen molar-refractivity contribution in [2.45, 2.75) is 33.7 Å². The van der Waals surface area contributed by atoms with Gasteiger partial charge in [-0.05, 0) is 41.6 Å². The number of thiocarbonyl (C=S) groups is 1. The van der Waals surface area contributed by atoms with Crippen molar-refractivity contribution in [2.75, 3.05) is 6.54 Å². The Morgan fingerprint density at radius 2 is 2.19 bits per heavy atom. The monoisotopic (exact) mass is 256 g/mol. The van der Waals surface area contributed by atoms with Gasteiger partial charge >= 0.3 is 0 Å². The predicted octanol–water partition coefficient (Wildman–Crippen LogP) is 2.93. The third-order valence-electron chi connectivity index (χ3n) is 2.30. The maximum atomic E-state index is 5.21. The van der Waals surface area contributed by atoms with Gasteiger partial charge < -0.3 is 10.6 Å². The lowest BCUT2D eigenvalue weighted by atomic mass is 10.2. The van der Waals surface area contributed by atoms with Crippen molar-refractivity contribution in [2.24, 2.45) is 5.92 Å². The zero-order chi connectivity index (χ0) is 12.0. The molecule has 1 aromatic rings. The molecule has 0 saturated carbocycles. The lowest BCUT2D eigenvalue weighted by Crippen LogP contribution is -2.36. The van der Waals surface area contributed by atoms with Crippen LogP contribution in [0.1, 0.15) is 31.2 Å². The maximum absolute atomic E-state index is 5.21. The molecule has 0 amide bonds. The molecule has 0 aliphatic heterocycles. The molecule has 0 radical (unpaired) electrons. The molecule has 0 aromatic carbocycles. The summed E-state index contributed by atoms with van der Waals surface area (Å²) in [4.78, 5) is 1.39. The van der Waals surface area contributed by atoms with Crippen LogP contribution in [-0.2, 0) is 13.0 Å². The Balaban J connectivity index is 2.31. The number of hydrogen-bond acceptors (Lipinski definition) is 2. The molecule has 1 aromatic heterocycles. The van der Waals surface area contributed by atoms with Gasteiger partial charge in [-0.2, -0.15) is 0 Å². The van der Waals surface area contributed by atoms with Gasteiger partial charge in [-0.25, -0.2) is 0 Å². The molecule has 0 aliphatic carbocycles. The minimum Gasteiger partial charge on any atom is -0.362 e. The van der Waals surface area contributed by atoms with Crippen molar-refractivity contribution in [3.63, 3.8) is 0 Å². The van der Waals surface area contributed by atoms with Crippen LogP contribution >= 0.6 is 23.6 Å². The molecule has 0 bridgehead atoms. The van der Waals surface area contributed by atoms with E-state index >= 15 is 0 Å². The molecule has 2 N–H and O–H groups in total. The Morgan fingerprint density at radius 1 is 1.44 bits per heavy atom. The number of nitrogens with one attached hydrogen (secondary N) is 2. The average molecular weight is 256 g/mol. The highest BCUT2D eigenvalue weighted by Crippen LogP contribution is 2.16. The molecule has 1 heterocycles. The summed E-state index contributed by atoms with van der Waals surface area (Å²) >= 11 is 7.00. The van der Waals surface area contributed by atoms with Crippen LogP contribution in [0.2, 0.25) is 0 Å². The zero-order valence-electron chi connectivity index (χ0n) is 10.2. The first kappa shape index (κ1) is 13.5. The molecule has 0 fully saturated rings. The van der Waals surface area contributed by atoms with Gasteiger partial charge in [0, 0.05) is 11.4 Å². The summed E-state index contributed by atoms with van der Waals surface area (Å²) in [7, 11) is 0. The molecule has 0 atom stereocenters. The van der Waals surface area contributed by atoms with Crippen LogP contribution in [0.15, 0.2) is 11.4 Å². The lowest BCUT2D eigenvalue weighted by molar-refractivity contribution is 0.619. The maximum Gasteiger partial charge on any atom is 0.166 e. The van der Waals surface area contributed by atoms with Gasteiger partial charge in [0.2, 0.25) is 0 Å². The standard InChI is InChI=1S/C12H20N2S2/c1-4-10-5-6-16-11(10)8-14-12(15)13-7-9(2)3/h5-6,9H,4,7-8H2,1-3H3,(H2,13,14,15). The fraction of sp³-hybridized carbons (Fsp3) is 0.583. The van der Waals surface area contributed by atoms with Crippen LogP contribution in [0.3, 0.4) is 0 Å². The molecule has 90 valence electrons. The van der Waals surface area contributed by atoms with Crippen molar-refractivity contribution in [3.8, 4) is 0 Å². The highest BCUT2D eigenvalue weighted by molar-refractivity contribution is 7.80. The Kier molecular flexibility index (Phi) is 5.77. The number of rotatable bonds is 5. The molecular weight excluding hydrogens is 236 g/mol. The first-order valence-electron chi connectivity index (χ1n) is 5.70. The van der Waals surface area contributed by atoms with Crippen molar-refractivity contribution in [1.29, 1.82) is 0 Å². The summed E-state index contributed by atoms with van der Waals surface area (Å²) in [6, 6.07) is 2.19. The van der Waals surface area contributed by atoms with Crippen molar-refractivity contribution in [1.82, 2.24) is 10.6 Å². The molecule has 4 heteroatoms. The number of aryl methyl sites for hydroxylation is 1. The summed E-state index contributed by atoms with van der Waals surface area (Å²) in [6.45, 7) is 8.29. The molecular formula is C12H20N2S2. The SMILES string of the molecule is CCc1ccsc1CNC(=S)NCC(C)C. The average Bonchev–Trinajstić information content (AvgIpc) is 2.70. The third kappa shape index (κ3) is 4.49. The smallest absolute Gasteiger partial charge is 0.166 e. The van der Waals surface area contributed by atoms with Gasteiger partial charge in [0.05, 0.1) is 6.54 Å². The van der Waals surface area contributed by atoms with E-state index in [1.54, 1.807) is 11.3 Å². The van der Waals surface area contributed by atoms with Crippen LogP contribution in [0.25, 0.3) is 0 Å². The van der Waals surface area contributed by atoms with Crippen molar-refractivity contribution in [3.05, 3.63) is 21.9 Å². The quantitative estimate of drug-likeness (QED) is 0.792. The Labute approximate surface area is 107 Å². The highest BCUT2D eigenvalue weighted by atomic mass is 32.1. The number of thiophene rings is 1. The van der Waals surface area contributed by atoms with Gasteiger partial charge in [-0.3, -0.25) is 0 Å².